The molecule has 0 N–H and O–H groups in total. The number of hydrogen-bond acceptors (Lipinski definition) is 5. The van der Waals surface area contributed by atoms with Gasteiger partial charge in [-0.05, 0) is 36.2 Å². The van der Waals surface area contributed by atoms with Gasteiger partial charge in [0.2, 0.25) is 5.76 Å². The molecule has 0 aliphatic carbocycles. The highest BCUT2D eigenvalue weighted by Gasteiger charge is 2.48. The molecule has 8 heteroatoms. The van der Waals surface area contributed by atoms with Crippen LogP contribution in [-0.2, 0) is 9.84 Å². The second-order valence-corrected chi connectivity index (χ2v) is 9.62. The molecule has 0 unspecified atom stereocenters. The first-order valence-electron chi connectivity index (χ1n) is 9.20. The quantitative estimate of drug-likeness (QED) is 0.645. The van der Waals surface area contributed by atoms with E-state index in [1.54, 1.807) is 24.3 Å². The Kier molecular flexibility index (Phi) is 3.89. The van der Waals surface area contributed by atoms with Crippen molar-refractivity contribution >= 4 is 26.7 Å². The fraction of sp³-hybridized carbons (Fsp3) is 0.238. The largest absolute Gasteiger partial charge is 0.450 e. The van der Waals surface area contributed by atoms with Gasteiger partial charge >= 0.3 is 0 Å². The topological polar surface area (TPSA) is 84.7 Å². The molecule has 2 aromatic carbocycles. The zero-order valence-corrected chi connectivity index (χ0v) is 16.0. The predicted octanol–water partition coefficient (Wildman–Crippen LogP) is 2.66. The van der Waals surface area contributed by atoms with Crippen LogP contribution in [0, 0.1) is 5.82 Å². The molecule has 1 saturated heterocycles. The van der Waals surface area contributed by atoms with Gasteiger partial charge in [0, 0.05) is 6.04 Å². The van der Waals surface area contributed by atoms with Crippen LogP contribution >= 0.6 is 0 Å². The predicted molar refractivity (Wildman–Crippen MR) is 104 cm³/mol. The molecule has 1 fully saturated rings. The van der Waals surface area contributed by atoms with Crippen LogP contribution in [-0.4, -0.2) is 36.8 Å². The van der Waals surface area contributed by atoms with E-state index in [2.05, 4.69) is 0 Å². The minimum absolute atomic E-state index is 0.0166. The normalized spacial score (nSPS) is 22.9. The second-order valence-electron chi connectivity index (χ2n) is 7.39. The molecule has 148 valence electrons. The van der Waals surface area contributed by atoms with Crippen LogP contribution in [0.15, 0.2) is 57.7 Å². The van der Waals surface area contributed by atoms with E-state index in [1.807, 2.05) is 0 Å². The lowest BCUT2D eigenvalue weighted by molar-refractivity contribution is 0.0662. The van der Waals surface area contributed by atoms with Crippen LogP contribution < -0.4 is 5.43 Å². The number of benzene rings is 2. The molecule has 2 aliphatic rings. The third kappa shape index (κ3) is 2.78. The minimum Gasteiger partial charge on any atom is -0.450 e. The number of para-hydroxylation sites is 1. The van der Waals surface area contributed by atoms with Crippen LogP contribution in [0.5, 0.6) is 0 Å². The summed E-state index contributed by atoms with van der Waals surface area (Å²) in [5.41, 5.74) is 0.659. The molecule has 3 aromatic rings. The summed E-state index contributed by atoms with van der Waals surface area (Å²) in [5.74, 6) is -1.22. The Morgan fingerprint density at radius 2 is 1.76 bits per heavy atom. The van der Waals surface area contributed by atoms with Crippen molar-refractivity contribution < 1.29 is 22.0 Å². The summed E-state index contributed by atoms with van der Waals surface area (Å²) < 4.78 is 43.4. The van der Waals surface area contributed by atoms with Gasteiger partial charge < -0.3 is 9.32 Å². The summed E-state index contributed by atoms with van der Waals surface area (Å²) in [6.07, 6.45) is 0.285. The Balaban J connectivity index is 1.76. The summed E-state index contributed by atoms with van der Waals surface area (Å²) in [5, 5.41) is 0.340. The third-order valence-electron chi connectivity index (χ3n) is 5.60. The molecule has 0 bridgehead atoms. The van der Waals surface area contributed by atoms with Gasteiger partial charge in [0.15, 0.2) is 15.3 Å². The first-order valence-corrected chi connectivity index (χ1v) is 11.0. The summed E-state index contributed by atoms with van der Waals surface area (Å²) in [7, 11) is -3.27. The number of rotatable bonds is 2. The van der Waals surface area contributed by atoms with Gasteiger partial charge in [0.1, 0.15) is 11.4 Å². The number of hydrogen-bond donors (Lipinski definition) is 0. The number of carbonyl (C=O) groups is 1. The van der Waals surface area contributed by atoms with Gasteiger partial charge in [-0.25, -0.2) is 12.8 Å². The van der Waals surface area contributed by atoms with Crippen molar-refractivity contribution in [3.05, 3.63) is 81.5 Å². The highest BCUT2D eigenvalue weighted by molar-refractivity contribution is 7.91. The molecule has 1 aromatic heterocycles. The van der Waals surface area contributed by atoms with E-state index in [0.29, 0.717) is 16.5 Å². The first kappa shape index (κ1) is 18.1. The number of sulfone groups is 1. The molecule has 0 saturated carbocycles. The summed E-state index contributed by atoms with van der Waals surface area (Å²) in [6.45, 7) is 0. The van der Waals surface area contributed by atoms with Crippen LogP contribution in [0.25, 0.3) is 11.0 Å². The molecular formula is C21H16FNO5S. The van der Waals surface area contributed by atoms with E-state index in [-0.39, 0.29) is 34.7 Å². The van der Waals surface area contributed by atoms with Crippen LogP contribution in [0.3, 0.4) is 0 Å². The number of fused-ring (bicyclic) bond motifs is 2. The SMILES string of the molecule is O=C1c2oc3ccccc3c(=O)c2[C@H](c2ccc(F)cc2)N1[C@@H]1CCS(=O)(=O)C1. The number of carbonyl (C=O) groups excluding carboxylic acids is 1. The van der Waals surface area contributed by atoms with Crippen LogP contribution in [0.2, 0.25) is 0 Å². The lowest BCUT2D eigenvalue weighted by Crippen LogP contribution is -2.40. The van der Waals surface area contributed by atoms with E-state index < -0.39 is 33.6 Å². The van der Waals surface area contributed by atoms with E-state index in [9.17, 15) is 22.4 Å². The molecule has 0 spiro atoms. The molecule has 2 aliphatic heterocycles. The van der Waals surface area contributed by atoms with Crippen molar-refractivity contribution in [1.82, 2.24) is 4.90 Å². The highest BCUT2D eigenvalue weighted by Crippen LogP contribution is 2.41. The number of halogens is 1. The monoisotopic (exact) mass is 413 g/mol. The van der Waals surface area contributed by atoms with Crippen molar-refractivity contribution in [3.63, 3.8) is 0 Å². The molecule has 1 amide bonds. The average molecular weight is 413 g/mol. The van der Waals surface area contributed by atoms with Gasteiger partial charge in [-0.15, -0.1) is 0 Å². The number of amides is 1. The van der Waals surface area contributed by atoms with Crippen LogP contribution in [0.1, 0.15) is 34.1 Å². The van der Waals surface area contributed by atoms with Crippen molar-refractivity contribution in [1.29, 1.82) is 0 Å². The zero-order valence-electron chi connectivity index (χ0n) is 15.2. The number of nitrogens with zero attached hydrogens (tertiary/aromatic N) is 1. The maximum absolute atomic E-state index is 13.5. The Hall–Kier alpha value is -3.00. The Morgan fingerprint density at radius 3 is 2.45 bits per heavy atom. The van der Waals surface area contributed by atoms with Crippen molar-refractivity contribution in [2.75, 3.05) is 11.5 Å². The molecule has 6 nitrogen and oxygen atoms in total. The lowest BCUT2D eigenvalue weighted by Gasteiger charge is -2.30. The van der Waals surface area contributed by atoms with E-state index in [4.69, 9.17) is 4.42 Å². The highest BCUT2D eigenvalue weighted by atomic mass is 32.2. The molecule has 3 heterocycles. The Bertz CT molecular complexity index is 1310. The van der Waals surface area contributed by atoms with Crippen molar-refractivity contribution in [2.24, 2.45) is 0 Å². The van der Waals surface area contributed by atoms with Crippen molar-refractivity contribution in [2.45, 2.75) is 18.5 Å². The second kappa shape index (κ2) is 6.25. The van der Waals surface area contributed by atoms with Crippen LogP contribution in [0.4, 0.5) is 4.39 Å². The maximum atomic E-state index is 13.5. The standard InChI is InChI=1S/C21H16FNO5S/c22-13-7-5-12(6-8-13)18-17-19(24)15-3-1-2-4-16(15)28-20(17)21(25)23(18)14-9-10-29(26,27)11-14/h1-8,14,18H,9-11H2/t14-,18+/m1/s1. The van der Waals surface area contributed by atoms with Crippen molar-refractivity contribution in [3.8, 4) is 0 Å². The van der Waals surface area contributed by atoms with Gasteiger partial charge in [0.05, 0.1) is 28.5 Å². The van der Waals surface area contributed by atoms with Gasteiger partial charge in [0.25, 0.3) is 5.91 Å². The fourth-order valence-electron chi connectivity index (χ4n) is 4.28. The molecule has 29 heavy (non-hydrogen) atoms. The van der Waals surface area contributed by atoms with Gasteiger partial charge in [-0.3, -0.25) is 9.59 Å². The Morgan fingerprint density at radius 1 is 1.03 bits per heavy atom. The zero-order chi connectivity index (χ0) is 20.3. The summed E-state index contributed by atoms with van der Waals surface area (Å²) in [6, 6.07) is 10.8. The maximum Gasteiger partial charge on any atom is 0.291 e. The lowest BCUT2D eigenvalue weighted by atomic mass is 9.97. The molecular weight excluding hydrogens is 397 g/mol. The smallest absolute Gasteiger partial charge is 0.291 e. The van der Waals surface area contributed by atoms with Gasteiger partial charge in [-0.1, -0.05) is 24.3 Å². The van der Waals surface area contributed by atoms with E-state index in [0.717, 1.165) is 0 Å². The molecule has 5 rings (SSSR count). The molecule has 0 radical (unpaired) electrons. The fourth-order valence-corrected chi connectivity index (χ4v) is 5.99. The summed E-state index contributed by atoms with van der Waals surface area (Å²) in [4.78, 5) is 28.0. The molecule has 2 atom stereocenters. The first-order chi connectivity index (χ1) is 13.9. The average Bonchev–Trinajstić information content (AvgIpc) is 3.20. The third-order valence-corrected chi connectivity index (χ3v) is 7.35. The van der Waals surface area contributed by atoms with Gasteiger partial charge in [-0.2, -0.15) is 0 Å². The minimum atomic E-state index is -3.27. The summed E-state index contributed by atoms with van der Waals surface area (Å²) >= 11 is 0. The Labute approximate surface area is 165 Å². The van der Waals surface area contributed by atoms with E-state index in [1.165, 1.54) is 29.2 Å². The van der Waals surface area contributed by atoms with E-state index >= 15 is 0 Å².